The summed E-state index contributed by atoms with van der Waals surface area (Å²) in [6.45, 7) is 0.283. The van der Waals surface area contributed by atoms with E-state index in [-0.39, 0.29) is 19.8 Å². The highest BCUT2D eigenvalue weighted by atomic mass is 16.5. The minimum Gasteiger partial charge on any atom is -0.394 e. The van der Waals surface area contributed by atoms with Gasteiger partial charge in [0.25, 0.3) is 0 Å². The number of aliphatic hydroxyl groups excluding tert-OH is 2. The fourth-order valence-corrected chi connectivity index (χ4v) is 1.78. The lowest BCUT2D eigenvalue weighted by Gasteiger charge is -2.11. The molecule has 0 saturated carbocycles. The number of nitrogens with zero attached hydrogens (tertiary/aromatic N) is 3. The molecule has 0 bridgehead atoms. The average molecular weight is 253 g/mol. The molecule has 1 saturated heterocycles. The van der Waals surface area contributed by atoms with Gasteiger partial charge < -0.3 is 19.7 Å². The number of aliphatic hydroxyl groups is 2. The highest BCUT2D eigenvalue weighted by Crippen LogP contribution is 2.27. The van der Waals surface area contributed by atoms with Crippen LogP contribution in [0.1, 0.15) is 18.3 Å². The van der Waals surface area contributed by atoms with E-state index in [0.29, 0.717) is 12.1 Å². The zero-order valence-electron chi connectivity index (χ0n) is 9.77. The van der Waals surface area contributed by atoms with Crippen LogP contribution in [-0.2, 0) is 16.1 Å². The summed E-state index contributed by atoms with van der Waals surface area (Å²) in [6, 6.07) is 0. The number of aromatic nitrogens is 3. The molecule has 1 fully saturated rings. The molecule has 3 atom stereocenters. The van der Waals surface area contributed by atoms with Crippen molar-refractivity contribution in [2.24, 2.45) is 0 Å². The van der Waals surface area contributed by atoms with Gasteiger partial charge in [-0.05, 0) is 0 Å². The van der Waals surface area contributed by atoms with Crippen molar-refractivity contribution in [3.05, 3.63) is 11.9 Å². The van der Waals surface area contributed by atoms with Crippen LogP contribution in [0.3, 0.4) is 0 Å². The monoisotopic (exact) mass is 253 g/mol. The second-order valence-electron chi connectivity index (χ2n) is 4.00. The van der Waals surface area contributed by atoms with Gasteiger partial charge in [0.1, 0.15) is 18.4 Å². The lowest BCUT2D eigenvalue weighted by molar-refractivity contribution is -0.0489. The maximum Gasteiger partial charge on any atom is 0.155 e. The number of ether oxygens (including phenoxy) is 2. The van der Waals surface area contributed by atoms with Gasteiger partial charge >= 0.3 is 0 Å². The SMILES string of the molecule is C#CCOCc1cn([C@H]2C[C@@H](O)[C@@H](CO)O2)nn1. The van der Waals surface area contributed by atoms with E-state index in [2.05, 4.69) is 16.2 Å². The Morgan fingerprint density at radius 3 is 3.17 bits per heavy atom. The molecule has 1 aromatic rings. The van der Waals surface area contributed by atoms with Gasteiger partial charge in [0.05, 0.1) is 25.5 Å². The first-order valence-electron chi connectivity index (χ1n) is 5.61. The molecule has 98 valence electrons. The van der Waals surface area contributed by atoms with Crippen molar-refractivity contribution in [1.29, 1.82) is 0 Å². The van der Waals surface area contributed by atoms with Crippen LogP contribution in [0.2, 0.25) is 0 Å². The lowest BCUT2D eigenvalue weighted by Crippen LogP contribution is -2.24. The topological polar surface area (TPSA) is 89.6 Å². The number of terminal acetylenes is 1. The van der Waals surface area contributed by atoms with E-state index in [0.717, 1.165) is 0 Å². The molecule has 1 aliphatic heterocycles. The molecule has 0 spiro atoms. The van der Waals surface area contributed by atoms with Crippen LogP contribution in [0, 0.1) is 12.3 Å². The van der Waals surface area contributed by atoms with Gasteiger partial charge in [-0.25, -0.2) is 4.68 Å². The van der Waals surface area contributed by atoms with Crippen LogP contribution in [0.25, 0.3) is 0 Å². The molecule has 2 heterocycles. The third-order valence-electron chi connectivity index (χ3n) is 2.67. The van der Waals surface area contributed by atoms with E-state index in [1.807, 2.05) is 0 Å². The van der Waals surface area contributed by atoms with Crippen LogP contribution in [-0.4, -0.2) is 50.6 Å². The number of rotatable bonds is 5. The molecule has 0 radical (unpaired) electrons. The molecular formula is C11H15N3O4. The summed E-state index contributed by atoms with van der Waals surface area (Å²) in [4.78, 5) is 0. The van der Waals surface area contributed by atoms with Gasteiger partial charge in [0.2, 0.25) is 0 Å². The fraction of sp³-hybridized carbons (Fsp3) is 0.636. The van der Waals surface area contributed by atoms with Crippen LogP contribution in [0.5, 0.6) is 0 Å². The Morgan fingerprint density at radius 1 is 1.67 bits per heavy atom. The summed E-state index contributed by atoms with van der Waals surface area (Å²) < 4.78 is 12.1. The molecule has 2 rings (SSSR count). The summed E-state index contributed by atoms with van der Waals surface area (Å²) in [5.41, 5.74) is 0.635. The highest BCUT2D eigenvalue weighted by molar-refractivity contribution is 4.93. The Balaban J connectivity index is 1.92. The third-order valence-corrected chi connectivity index (χ3v) is 2.67. The summed E-state index contributed by atoms with van der Waals surface area (Å²) >= 11 is 0. The van der Waals surface area contributed by atoms with Gasteiger partial charge in [-0.3, -0.25) is 0 Å². The number of hydrogen-bond donors (Lipinski definition) is 2. The second-order valence-corrected chi connectivity index (χ2v) is 4.00. The second kappa shape index (κ2) is 5.93. The Bertz CT molecular complexity index is 428. The molecule has 1 aliphatic rings. The van der Waals surface area contributed by atoms with Crippen LogP contribution in [0.15, 0.2) is 6.20 Å². The Kier molecular flexibility index (Phi) is 4.28. The first kappa shape index (κ1) is 13.0. The molecule has 1 aromatic heterocycles. The van der Waals surface area contributed by atoms with Gasteiger partial charge in [-0.15, -0.1) is 11.5 Å². The van der Waals surface area contributed by atoms with Crippen molar-refractivity contribution >= 4 is 0 Å². The van der Waals surface area contributed by atoms with Gasteiger partial charge in [0.15, 0.2) is 6.23 Å². The molecule has 0 amide bonds. The quantitative estimate of drug-likeness (QED) is 0.520. The molecule has 18 heavy (non-hydrogen) atoms. The predicted molar refractivity (Wildman–Crippen MR) is 60.1 cm³/mol. The lowest BCUT2D eigenvalue weighted by atomic mass is 10.2. The van der Waals surface area contributed by atoms with Crippen molar-refractivity contribution in [2.75, 3.05) is 13.2 Å². The van der Waals surface area contributed by atoms with Gasteiger partial charge in [0, 0.05) is 6.42 Å². The van der Waals surface area contributed by atoms with E-state index < -0.39 is 18.4 Å². The van der Waals surface area contributed by atoms with Crippen molar-refractivity contribution in [3.8, 4) is 12.3 Å². The van der Waals surface area contributed by atoms with Crippen molar-refractivity contribution in [3.63, 3.8) is 0 Å². The molecule has 0 aromatic carbocycles. The maximum atomic E-state index is 9.61. The third kappa shape index (κ3) is 2.86. The predicted octanol–water partition coefficient (Wildman–Crippen LogP) is -0.931. The molecule has 2 N–H and O–H groups in total. The van der Waals surface area contributed by atoms with Crippen molar-refractivity contribution in [2.45, 2.75) is 31.5 Å². The van der Waals surface area contributed by atoms with Gasteiger partial charge in [-0.2, -0.15) is 0 Å². The van der Waals surface area contributed by atoms with Crippen molar-refractivity contribution in [1.82, 2.24) is 15.0 Å². The van der Waals surface area contributed by atoms with Crippen LogP contribution in [0.4, 0.5) is 0 Å². The van der Waals surface area contributed by atoms with E-state index in [9.17, 15) is 5.11 Å². The normalized spacial score (nSPS) is 27.3. The van der Waals surface area contributed by atoms with Crippen LogP contribution < -0.4 is 0 Å². The molecule has 7 heteroatoms. The molecule has 0 unspecified atom stereocenters. The maximum absolute atomic E-state index is 9.61. The minimum absolute atomic E-state index is 0.218. The molecular weight excluding hydrogens is 238 g/mol. The minimum atomic E-state index is -0.689. The van der Waals surface area contributed by atoms with Crippen LogP contribution >= 0.6 is 0 Å². The summed E-state index contributed by atoms with van der Waals surface area (Å²) in [6.07, 6.45) is 5.43. The van der Waals surface area contributed by atoms with E-state index in [1.54, 1.807) is 6.20 Å². The highest BCUT2D eigenvalue weighted by Gasteiger charge is 2.34. The zero-order chi connectivity index (χ0) is 13.0. The number of hydrogen-bond acceptors (Lipinski definition) is 6. The fourth-order valence-electron chi connectivity index (χ4n) is 1.78. The summed E-state index contributed by atoms with van der Waals surface area (Å²) in [7, 11) is 0. The Labute approximate surface area is 104 Å². The largest absolute Gasteiger partial charge is 0.394 e. The van der Waals surface area contributed by atoms with E-state index in [4.69, 9.17) is 21.0 Å². The van der Waals surface area contributed by atoms with E-state index >= 15 is 0 Å². The molecule has 0 aliphatic carbocycles. The summed E-state index contributed by atoms with van der Waals surface area (Å²) in [5.74, 6) is 2.36. The summed E-state index contributed by atoms with van der Waals surface area (Å²) in [5, 5.41) is 26.4. The standard InChI is InChI=1S/C11H15N3O4/c1-2-3-17-7-8-5-14(13-12-8)11-4-9(16)10(6-15)18-11/h1,5,9-11,15-16H,3-4,6-7H2/t9-,10-,11-/m1/s1. The zero-order valence-corrected chi connectivity index (χ0v) is 9.77. The first-order chi connectivity index (χ1) is 8.74. The smallest absolute Gasteiger partial charge is 0.155 e. The first-order valence-corrected chi connectivity index (χ1v) is 5.61. The van der Waals surface area contributed by atoms with Crippen molar-refractivity contribution < 1.29 is 19.7 Å². The average Bonchev–Trinajstić information content (AvgIpc) is 2.96. The Hall–Kier alpha value is -1.46. The van der Waals surface area contributed by atoms with E-state index in [1.165, 1.54) is 4.68 Å². The van der Waals surface area contributed by atoms with Gasteiger partial charge in [-0.1, -0.05) is 11.1 Å². The molecule has 7 nitrogen and oxygen atoms in total. The Morgan fingerprint density at radius 2 is 2.50 bits per heavy atom.